The number of carbonyl (C=O) groups excluding carboxylic acids is 1. The normalized spacial score (nSPS) is 12.0. The first-order chi connectivity index (χ1) is 15.1. The van der Waals surface area contributed by atoms with Gasteiger partial charge >= 0.3 is 0 Å². The summed E-state index contributed by atoms with van der Waals surface area (Å²) in [7, 11) is 0. The van der Waals surface area contributed by atoms with Crippen LogP contribution in [0.3, 0.4) is 0 Å². The highest BCUT2D eigenvalue weighted by atomic mass is 16.5. The van der Waals surface area contributed by atoms with Crippen LogP contribution in [-0.2, 0) is 4.79 Å². The van der Waals surface area contributed by atoms with Crippen molar-refractivity contribution in [2.24, 2.45) is 5.10 Å². The lowest BCUT2D eigenvalue weighted by Crippen LogP contribution is -2.33. The third kappa shape index (κ3) is 4.87. The molecule has 1 amide bonds. The number of H-pyrrole nitrogens is 1. The molecule has 6 nitrogen and oxygen atoms in total. The molecule has 4 rings (SSSR count). The Morgan fingerprint density at radius 1 is 0.968 bits per heavy atom. The van der Waals surface area contributed by atoms with Crippen LogP contribution < -0.4 is 15.7 Å². The number of hydrazone groups is 1. The lowest BCUT2D eigenvalue weighted by molar-refractivity contribution is -0.127. The first kappa shape index (κ1) is 20.1. The first-order valence-electron chi connectivity index (χ1n) is 9.87. The summed E-state index contributed by atoms with van der Waals surface area (Å²) in [6.07, 6.45) is 0.569. The molecule has 1 heterocycles. The molecule has 0 bridgehead atoms. The van der Waals surface area contributed by atoms with E-state index in [0.29, 0.717) is 11.3 Å². The maximum Gasteiger partial charge on any atom is 0.280 e. The maximum absolute atomic E-state index is 12.3. The number of carbonyl (C=O) groups is 1. The summed E-state index contributed by atoms with van der Waals surface area (Å²) in [6.45, 7) is 1.64. The average molecular weight is 411 g/mol. The van der Waals surface area contributed by atoms with E-state index >= 15 is 0 Å². The molecule has 0 aliphatic rings. The maximum atomic E-state index is 12.3. The zero-order chi connectivity index (χ0) is 21.6. The van der Waals surface area contributed by atoms with Crippen LogP contribution in [0.4, 0.5) is 0 Å². The summed E-state index contributed by atoms with van der Waals surface area (Å²) >= 11 is 0. The number of nitrogens with one attached hydrogen (secondary N) is 2. The number of para-hydroxylation sites is 1. The van der Waals surface area contributed by atoms with E-state index in [-0.39, 0.29) is 5.56 Å². The lowest BCUT2D eigenvalue weighted by atomic mass is 10.1. The van der Waals surface area contributed by atoms with Crippen LogP contribution in [0.1, 0.15) is 12.5 Å². The molecule has 1 atom stereocenters. The molecule has 0 saturated heterocycles. The molecule has 0 radical (unpaired) electrons. The van der Waals surface area contributed by atoms with Crippen LogP contribution in [0.15, 0.2) is 94.8 Å². The van der Waals surface area contributed by atoms with Gasteiger partial charge < -0.3 is 9.72 Å². The van der Waals surface area contributed by atoms with Crippen LogP contribution in [0.25, 0.3) is 22.0 Å². The van der Waals surface area contributed by atoms with Gasteiger partial charge in [-0.25, -0.2) is 5.43 Å². The van der Waals surface area contributed by atoms with E-state index in [0.717, 1.165) is 22.0 Å². The molecule has 0 aliphatic heterocycles. The minimum atomic E-state index is -0.755. The fourth-order valence-corrected chi connectivity index (χ4v) is 3.13. The molecule has 0 spiro atoms. The van der Waals surface area contributed by atoms with E-state index in [9.17, 15) is 9.59 Å². The number of fused-ring (bicyclic) bond motifs is 1. The average Bonchev–Trinajstić information content (AvgIpc) is 2.80. The smallest absolute Gasteiger partial charge is 0.280 e. The summed E-state index contributed by atoms with van der Waals surface area (Å²) in [6, 6.07) is 26.7. The van der Waals surface area contributed by atoms with Crippen LogP contribution in [-0.4, -0.2) is 23.2 Å². The minimum Gasteiger partial charge on any atom is -0.481 e. The second-order valence-corrected chi connectivity index (χ2v) is 7.03. The summed E-state index contributed by atoms with van der Waals surface area (Å²) in [5.74, 6) is 0.165. The fraction of sp³-hybridized carbons (Fsp3) is 0.0800. The van der Waals surface area contributed by atoms with Gasteiger partial charge in [0, 0.05) is 5.52 Å². The van der Waals surface area contributed by atoms with Crippen LogP contribution >= 0.6 is 0 Å². The highest BCUT2D eigenvalue weighted by Crippen LogP contribution is 2.22. The van der Waals surface area contributed by atoms with Gasteiger partial charge in [-0.2, -0.15) is 5.10 Å². The van der Waals surface area contributed by atoms with E-state index in [1.165, 1.54) is 6.21 Å². The number of aromatic nitrogens is 1. The molecule has 2 N–H and O–H groups in total. The first-order valence-corrected chi connectivity index (χ1v) is 9.87. The number of nitrogens with zero attached hydrogens (tertiary/aromatic N) is 1. The van der Waals surface area contributed by atoms with Crippen molar-refractivity contribution in [3.63, 3.8) is 0 Å². The lowest BCUT2D eigenvalue weighted by Gasteiger charge is -2.13. The standard InChI is InChI=1S/C25H21N3O3/c1-17(31-22-13-11-19(12-14-22)18-7-3-2-4-8-18)24(29)28-26-16-21-15-20-9-5-6-10-23(20)27-25(21)30/h2-17H,1H3,(H,27,30)(H,28,29). The second kappa shape index (κ2) is 9.09. The van der Waals surface area contributed by atoms with Crippen molar-refractivity contribution < 1.29 is 9.53 Å². The monoisotopic (exact) mass is 411 g/mol. The molecule has 154 valence electrons. The Morgan fingerprint density at radius 3 is 2.42 bits per heavy atom. The number of ether oxygens (including phenoxy) is 1. The van der Waals surface area contributed by atoms with Crippen molar-refractivity contribution in [1.29, 1.82) is 0 Å². The van der Waals surface area contributed by atoms with Crippen molar-refractivity contribution in [2.45, 2.75) is 13.0 Å². The Labute approximate surface area is 179 Å². The molecular weight excluding hydrogens is 390 g/mol. The molecule has 1 aromatic heterocycles. The molecule has 31 heavy (non-hydrogen) atoms. The van der Waals surface area contributed by atoms with Gasteiger partial charge in [0.15, 0.2) is 6.10 Å². The number of hydrogen-bond acceptors (Lipinski definition) is 4. The molecule has 6 heteroatoms. The quantitative estimate of drug-likeness (QED) is 0.370. The summed E-state index contributed by atoms with van der Waals surface area (Å²) < 4.78 is 5.70. The number of benzene rings is 3. The van der Waals surface area contributed by atoms with Crippen LogP contribution in [0, 0.1) is 0 Å². The fourth-order valence-electron chi connectivity index (χ4n) is 3.13. The van der Waals surface area contributed by atoms with E-state index in [1.807, 2.05) is 78.9 Å². The van der Waals surface area contributed by atoms with Gasteiger partial charge in [0.1, 0.15) is 5.75 Å². The van der Waals surface area contributed by atoms with Gasteiger partial charge in [-0.15, -0.1) is 0 Å². The van der Waals surface area contributed by atoms with Crippen molar-refractivity contribution >= 4 is 23.0 Å². The van der Waals surface area contributed by atoms with E-state index < -0.39 is 12.0 Å². The van der Waals surface area contributed by atoms with Crippen molar-refractivity contribution in [2.75, 3.05) is 0 Å². The van der Waals surface area contributed by atoms with Crippen molar-refractivity contribution in [1.82, 2.24) is 10.4 Å². The summed E-state index contributed by atoms with van der Waals surface area (Å²) in [4.78, 5) is 27.2. The summed E-state index contributed by atoms with van der Waals surface area (Å²) in [5.41, 5.74) is 5.41. The third-order valence-electron chi connectivity index (χ3n) is 4.80. The topological polar surface area (TPSA) is 83.5 Å². The highest BCUT2D eigenvalue weighted by molar-refractivity contribution is 5.88. The second-order valence-electron chi connectivity index (χ2n) is 7.03. The van der Waals surface area contributed by atoms with Gasteiger partial charge in [0.2, 0.25) is 0 Å². The largest absolute Gasteiger partial charge is 0.481 e. The van der Waals surface area contributed by atoms with Gasteiger partial charge in [-0.3, -0.25) is 9.59 Å². The van der Waals surface area contributed by atoms with E-state index in [4.69, 9.17) is 4.74 Å². The number of hydrogen-bond donors (Lipinski definition) is 2. The molecule has 1 unspecified atom stereocenters. The molecule has 0 aliphatic carbocycles. The Bertz CT molecular complexity index is 1280. The zero-order valence-electron chi connectivity index (χ0n) is 16.9. The Hall–Kier alpha value is -4.19. The number of rotatable bonds is 6. The van der Waals surface area contributed by atoms with E-state index in [1.54, 1.807) is 13.0 Å². The Balaban J connectivity index is 1.36. The SMILES string of the molecule is CC(Oc1ccc(-c2ccccc2)cc1)C(=O)NN=Cc1cc2ccccc2[nH]c1=O. The molecule has 4 aromatic rings. The minimum absolute atomic E-state index is 0.278. The van der Waals surface area contributed by atoms with Crippen LogP contribution in [0.5, 0.6) is 5.75 Å². The zero-order valence-corrected chi connectivity index (χ0v) is 16.9. The van der Waals surface area contributed by atoms with Gasteiger partial charge in [0.25, 0.3) is 11.5 Å². The van der Waals surface area contributed by atoms with Crippen LogP contribution in [0.2, 0.25) is 0 Å². The Kier molecular flexibility index (Phi) is 5.89. The molecule has 0 fully saturated rings. The predicted molar refractivity (Wildman–Crippen MR) is 122 cm³/mol. The highest BCUT2D eigenvalue weighted by Gasteiger charge is 2.14. The van der Waals surface area contributed by atoms with Crippen molar-refractivity contribution in [3.05, 3.63) is 101 Å². The van der Waals surface area contributed by atoms with Gasteiger partial charge in [0.05, 0.1) is 11.8 Å². The van der Waals surface area contributed by atoms with E-state index in [2.05, 4.69) is 15.5 Å². The molecule has 3 aromatic carbocycles. The van der Waals surface area contributed by atoms with Gasteiger partial charge in [-0.1, -0.05) is 60.7 Å². The predicted octanol–water partition coefficient (Wildman–Crippen LogP) is 4.11. The number of aromatic amines is 1. The number of amides is 1. The number of pyridine rings is 1. The molecular formula is C25H21N3O3. The molecule has 0 saturated carbocycles. The third-order valence-corrected chi connectivity index (χ3v) is 4.80. The summed E-state index contributed by atoms with van der Waals surface area (Å²) in [5, 5.41) is 4.78. The van der Waals surface area contributed by atoms with Gasteiger partial charge in [-0.05, 0) is 47.7 Å². The Morgan fingerprint density at radius 2 is 1.65 bits per heavy atom. The van der Waals surface area contributed by atoms with Crippen molar-refractivity contribution in [3.8, 4) is 16.9 Å².